The number of hydrogen-bond acceptors (Lipinski definition) is 3. The lowest BCUT2D eigenvalue weighted by molar-refractivity contribution is 0.608. The first-order chi connectivity index (χ1) is 8.22. The van der Waals surface area contributed by atoms with Gasteiger partial charge in [0.1, 0.15) is 5.52 Å². The highest BCUT2D eigenvalue weighted by molar-refractivity contribution is 6.30. The van der Waals surface area contributed by atoms with Gasteiger partial charge in [-0.15, -0.1) is 0 Å². The molecular formula is C13H9ClN2O. The molecule has 84 valence electrons. The smallest absolute Gasteiger partial charge is 0.247 e. The van der Waals surface area contributed by atoms with E-state index in [9.17, 15) is 0 Å². The number of pyridine rings is 1. The highest BCUT2D eigenvalue weighted by Gasteiger charge is 2.09. The summed E-state index contributed by atoms with van der Waals surface area (Å²) < 4.78 is 5.57. The van der Waals surface area contributed by atoms with Crippen molar-refractivity contribution in [2.45, 2.75) is 6.92 Å². The Morgan fingerprint density at radius 3 is 2.71 bits per heavy atom. The molecule has 0 aliphatic carbocycles. The Hall–Kier alpha value is -1.87. The van der Waals surface area contributed by atoms with Crippen molar-refractivity contribution in [3.8, 4) is 11.5 Å². The van der Waals surface area contributed by atoms with Crippen molar-refractivity contribution in [3.63, 3.8) is 0 Å². The number of aromatic nitrogens is 2. The molecule has 1 aromatic carbocycles. The van der Waals surface area contributed by atoms with Crippen molar-refractivity contribution in [2.75, 3.05) is 0 Å². The van der Waals surface area contributed by atoms with Crippen molar-refractivity contribution in [1.82, 2.24) is 9.97 Å². The zero-order valence-corrected chi connectivity index (χ0v) is 9.90. The van der Waals surface area contributed by atoms with Gasteiger partial charge in [0.2, 0.25) is 11.6 Å². The van der Waals surface area contributed by atoms with Crippen LogP contribution in [0.1, 0.15) is 5.56 Å². The molecule has 2 heterocycles. The molecule has 0 saturated carbocycles. The second-order valence-electron chi connectivity index (χ2n) is 3.86. The number of hydrogen-bond donors (Lipinski definition) is 0. The first-order valence-corrected chi connectivity index (χ1v) is 5.59. The van der Waals surface area contributed by atoms with Crippen LogP contribution in [-0.4, -0.2) is 9.97 Å². The van der Waals surface area contributed by atoms with Gasteiger partial charge in [0.05, 0.1) is 5.02 Å². The Morgan fingerprint density at radius 1 is 1.18 bits per heavy atom. The highest BCUT2D eigenvalue weighted by Crippen LogP contribution is 2.24. The SMILES string of the molecule is Cc1ccc(-c2nc3cc(Cl)cnc3o2)cc1. The fraction of sp³-hybridized carbons (Fsp3) is 0.0769. The van der Waals surface area contributed by atoms with Gasteiger partial charge in [0.15, 0.2) is 0 Å². The zero-order valence-electron chi connectivity index (χ0n) is 9.14. The molecule has 0 N–H and O–H groups in total. The van der Waals surface area contributed by atoms with Crippen LogP contribution < -0.4 is 0 Å². The van der Waals surface area contributed by atoms with Crippen molar-refractivity contribution in [3.05, 3.63) is 47.1 Å². The van der Waals surface area contributed by atoms with Crippen LogP contribution in [0.5, 0.6) is 0 Å². The largest absolute Gasteiger partial charge is 0.418 e. The maximum absolute atomic E-state index is 5.85. The Kier molecular flexibility index (Phi) is 2.34. The van der Waals surface area contributed by atoms with Gasteiger partial charge in [-0.3, -0.25) is 0 Å². The van der Waals surface area contributed by atoms with Crippen LogP contribution in [0.3, 0.4) is 0 Å². The van der Waals surface area contributed by atoms with Crippen molar-refractivity contribution < 1.29 is 4.42 Å². The molecule has 2 aromatic heterocycles. The minimum atomic E-state index is 0.505. The topological polar surface area (TPSA) is 38.9 Å². The normalized spacial score (nSPS) is 10.9. The number of nitrogens with zero attached hydrogens (tertiary/aromatic N) is 2. The summed E-state index contributed by atoms with van der Waals surface area (Å²) in [5.41, 5.74) is 3.31. The average Bonchev–Trinajstić information content (AvgIpc) is 2.72. The van der Waals surface area contributed by atoms with E-state index in [1.165, 1.54) is 5.56 Å². The third kappa shape index (κ3) is 1.89. The van der Waals surface area contributed by atoms with Crippen LogP contribution in [0.25, 0.3) is 22.7 Å². The molecule has 3 aromatic rings. The fourth-order valence-corrected chi connectivity index (χ4v) is 1.77. The van der Waals surface area contributed by atoms with E-state index in [4.69, 9.17) is 16.0 Å². The zero-order chi connectivity index (χ0) is 11.8. The third-order valence-electron chi connectivity index (χ3n) is 2.51. The Morgan fingerprint density at radius 2 is 1.94 bits per heavy atom. The van der Waals surface area contributed by atoms with E-state index in [0.717, 1.165) is 5.56 Å². The predicted molar refractivity (Wildman–Crippen MR) is 67.0 cm³/mol. The molecule has 0 amide bonds. The summed E-state index contributed by atoms with van der Waals surface area (Å²) in [5, 5.41) is 0.557. The molecule has 0 radical (unpaired) electrons. The minimum Gasteiger partial charge on any atom is -0.418 e. The molecule has 3 rings (SSSR count). The number of aryl methyl sites for hydroxylation is 1. The summed E-state index contributed by atoms with van der Waals surface area (Å²) in [5.74, 6) is 0.565. The van der Waals surface area contributed by atoms with Crippen LogP contribution >= 0.6 is 11.6 Å². The Labute approximate surface area is 103 Å². The summed E-state index contributed by atoms with van der Waals surface area (Å²) in [4.78, 5) is 8.44. The average molecular weight is 245 g/mol. The lowest BCUT2D eigenvalue weighted by atomic mass is 10.1. The van der Waals surface area contributed by atoms with Gasteiger partial charge in [0, 0.05) is 11.8 Å². The molecule has 0 spiro atoms. The molecule has 0 saturated heterocycles. The Balaban J connectivity index is 2.14. The second-order valence-corrected chi connectivity index (χ2v) is 4.30. The molecule has 0 aliphatic rings. The summed E-state index contributed by atoms with van der Waals surface area (Å²) in [6.07, 6.45) is 1.55. The maximum atomic E-state index is 5.85. The fourth-order valence-electron chi connectivity index (χ4n) is 1.62. The van der Waals surface area contributed by atoms with Gasteiger partial charge in [-0.25, -0.2) is 9.97 Å². The first-order valence-electron chi connectivity index (χ1n) is 5.21. The monoisotopic (exact) mass is 244 g/mol. The molecular weight excluding hydrogens is 236 g/mol. The summed E-state index contributed by atoms with van der Waals surface area (Å²) in [6, 6.07) is 9.73. The number of benzene rings is 1. The van der Waals surface area contributed by atoms with E-state index >= 15 is 0 Å². The maximum Gasteiger partial charge on any atom is 0.247 e. The van der Waals surface area contributed by atoms with Gasteiger partial charge in [-0.1, -0.05) is 29.3 Å². The van der Waals surface area contributed by atoms with E-state index in [-0.39, 0.29) is 0 Å². The summed E-state index contributed by atoms with van der Waals surface area (Å²) in [6.45, 7) is 2.04. The number of oxazole rings is 1. The molecule has 0 atom stereocenters. The lowest BCUT2D eigenvalue weighted by Gasteiger charge is -1.94. The molecule has 0 aliphatic heterocycles. The van der Waals surface area contributed by atoms with Crippen molar-refractivity contribution in [2.24, 2.45) is 0 Å². The van der Waals surface area contributed by atoms with Gasteiger partial charge in [0.25, 0.3) is 0 Å². The van der Waals surface area contributed by atoms with E-state index < -0.39 is 0 Å². The first kappa shape index (κ1) is 10.3. The van der Waals surface area contributed by atoms with E-state index in [1.807, 2.05) is 31.2 Å². The molecule has 4 heteroatoms. The molecule has 17 heavy (non-hydrogen) atoms. The van der Waals surface area contributed by atoms with Crippen molar-refractivity contribution in [1.29, 1.82) is 0 Å². The molecule has 3 nitrogen and oxygen atoms in total. The van der Waals surface area contributed by atoms with Crippen LogP contribution in [0.4, 0.5) is 0 Å². The van der Waals surface area contributed by atoms with Crippen LogP contribution in [0.2, 0.25) is 5.02 Å². The molecule has 0 bridgehead atoms. The number of rotatable bonds is 1. The molecule has 0 fully saturated rings. The van der Waals surface area contributed by atoms with Gasteiger partial charge in [-0.05, 0) is 25.1 Å². The Bertz CT molecular complexity index is 673. The summed E-state index contributed by atoms with van der Waals surface area (Å²) in [7, 11) is 0. The van der Waals surface area contributed by atoms with Crippen molar-refractivity contribution >= 4 is 22.8 Å². The van der Waals surface area contributed by atoms with Crippen LogP contribution in [-0.2, 0) is 0 Å². The highest BCUT2D eigenvalue weighted by atomic mass is 35.5. The predicted octanol–water partition coefficient (Wildman–Crippen LogP) is 3.85. The third-order valence-corrected chi connectivity index (χ3v) is 2.72. The lowest BCUT2D eigenvalue weighted by Crippen LogP contribution is -1.77. The summed E-state index contributed by atoms with van der Waals surface area (Å²) >= 11 is 5.85. The van der Waals surface area contributed by atoms with E-state index in [0.29, 0.717) is 22.1 Å². The standard InChI is InChI=1S/C13H9ClN2O/c1-8-2-4-9(5-3-8)12-16-11-6-10(14)7-15-13(11)17-12/h2-7H,1H3. The number of halogens is 1. The van der Waals surface area contributed by atoms with Crippen LogP contribution in [0, 0.1) is 6.92 Å². The number of fused-ring (bicyclic) bond motifs is 1. The van der Waals surface area contributed by atoms with E-state index in [1.54, 1.807) is 12.3 Å². The van der Waals surface area contributed by atoms with Gasteiger partial charge in [-0.2, -0.15) is 0 Å². The quantitative estimate of drug-likeness (QED) is 0.653. The second kappa shape index (κ2) is 3.86. The van der Waals surface area contributed by atoms with Gasteiger partial charge >= 0.3 is 0 Å². The van der Waals surface area contributed by atoms with Gasteiger partial charge < -0.3 is 4.42 Å². The van der Waals surface area contributed by atoms with Crippen LogP contribution in [0.15, 0.2) is 40.9 Å². The van der Waals surface area contributed by atoms with E-state index in [2.05, 4.69) is 9.97 Å². The molecule has 0 unspecified atom stereocenters. The minimum absolute atomic E-state index is 0.505.